The monoisotopic (exact) mass is 287 g/mol. The van der Waals surface area contributed by atoms with Crippen molar-refractivity contribution in [3.05, 3.63) is 30.0 Å². The summed E-state index contributed by atoms with van der Waals surface area (Å²) in [5.74, 6) is 0. The zero-order chi connectivity index (χ0) is 15.5. The van der Waals surface area contributed by atoms with Crippen LogP contribution in [-0.2, 0) is 13.0 Å². The van der Waals surface area contributed by atoms with Crippen LogP contribution in [0.4, 0.5) is 0 Å². The van der Waals surface area contributed by atoms with Crippen molar-refractivity contribution in [1.29, 1.82) is 0 Å². The van der Waals surface area contributed by atoms with Gasteiger partial charge in [0.1, 0.15) is 0 Å². The molecule has 1 aromatic heterocycles. The molecule has 0 bridgehead atoms. The minimum absolute atomic E-state index is 0.261. The molecule has 0 spiro atoms. The molecular weight excluding hydrogens is 258 g/mol. The molecule has 21 heavy (non-hydrogen) atoms. The van der Waals surface area contributed by atoms with Gasteiger partial charge in [0.15, 0.2) is 0 Å². The number of fused-ring (bicyclic) bond motifs is 1. The zero-order valence-electron chi connectivity index (χ0n) is 14.1. The average molecular weight is 287 g/mol. The molecular formula is C18H29N3. The minimum atomic E-state index is 0.261. The van der Waals surface area contributed by atoms with Crippen LogP contribution in [-0.4, -0.2) is 22.4 Å². The van der Waals surface area contributed by atoms with E-state index in [0.29, 0.717) is 6.04 Å². The van der Waals surface area contributed by atoms with Crippen LogP contribution in [0.2, 0.25) is 0 Å². The lowest BCUT2D eigenvalue weighted by atomic mass is 9.83. The first-order chi connectivity index (χ1) is 9.93. The van der Waals surface area contributed by atoms with E-state index in [0.717, 1.165) is 19.5 Å². The summed E-state index contributed by atoms with van der Waals surface area (Å²) in [6.07, 6.45) is 2.19. The van der Waals surface area contributed by atoms with Gasteiger partial charge in [-0.3, -0.25) is 4.68 Å². The molecule has 1 N–H and O–H groups in total. The summed E-state index contributed by atoms with van der Waals surface area (Å²) >= 11 is 0. The van der Waals surface area contributed by atoms with Gasteiger partial charge in [-0.2, -0.15) is 5.10 Å². The van der Waals surface area contributed by atoms with Gasteiger partial charge in [-0.15, -0.1) is 0 Å². The van der Waals surface area contributed by atoms with Crippen molar-refractivity contribution in [3.63, 3.8) is 0 Å². The van der Waals surface area contributed by atoms with Gasteiger partial charge in [0.25, 0.3) is 0 Å². The summed E-state index contributed by atoms with van der Waals surface area (Å²) in [5, 5.41) is 9.66. The highest BCUT2D eigenvalue weighted by atomic mass is 15.3. The van der Waals surface area contributed by atoms with Crippen molar-refractivity contribution in [1.82, 2.24) is 15.1 Å². The van der Waals surface area contributed by atoms with Gasteiger partial charge in [-0.05, 0) is 37.8 Å². The van der Waals surface area contributed by atoms with E-state index in [2.05, 4.69) is 68.9 Å². The number of para-hydroxylation sites is 1. The van der Waals surface area contributed by atoms with E-state index in [1.165, 1.54) is 23.0 Å². The predicted molar refractivity (Wildman–Crippen MR) is 90.6 cm³/mol. The Kier molecular flexibility index (Phi) is 5.04. The van der Waals surface area contributed by atoms with E-state index in [1.54, 1.807) is 0 Å². The Labute approximate surface area is 128 Å². The van der Waals surface area contributed by atoms with E-state index >= 15 is 0 Å². The molecule has 0 aliphatic carbocycles. The Hall–Kier alpha value is -1.35. The fourth-order valence-electron chi connectivity index (χ4n) is 2.81. The van der Waals surface area contributed by atoms with E-state index in [4.69, 9.17) is 5.10 Å². The second-order valence-corrected chi connectivity index (χ2v) is 6.98. The largest absolute Gasteiger partial charge is 0.315 e. The highest BCUT2D eigenvalue weighted by molar-refractivity contribution is 5.82. The smallest absolute Gasteiger partial charge is 0.0708 e. The summed E-state index contributed by atoms with van der Waals surface area (Å²) in [6, 6.07) is 9.13. The zero-order valence-corrected chi connectivity index (χ0v) is 14.1. The fraction of sp³-hybridized carbons (Fsp3) is 0.611. The summed E-state index contributed by atoms with van der Waals surface area (Å²) in [6.45, 7) is 13.2. The minimum Gasteiger partial charge on any atom is -0.315 e. The van der Waals surface area contributed by atoms with Gasteiger partial charge >= 0.3 is 0 Å². The normalized spacial score (nSPS) is 12.5. The van der Waals surface area contributed by atoms with Crippen LogP contribution in [0.25, 0.3) is 10.9 Å². The maximum atomic E-state index is 4.83. The van der Waals surface area contributed by atoms with Crippen molar-refractivity contribution in [2.45, 2.75) is 60.0 Å². The maximum absolute atomic E-state index is 4.83. The molecule has 0 radical (unpaired) electrons. The van der Waals surface area contributed by atoms with Crippen LogP contribution in [0.15, 0.2) is 24.3 Å². The van der Waals surface area contributed by atoms with Gasteiger partial charge in [-0.1, -0.05) is 45.9 Å². The maximum Gasteiger partial charge on any atom is 0.0708 e. The lowest BCUT2D eigenvalue weighted by molar-refractivity contribution is 0.317. The number of hydrogen-bond acceptors (Lipinski definition) is 2. The summed E-state index contributed by atoms with van der Waals surface area (Å²) in [5.41, 5.74) is 2.76. The third-order valence-corrected chi connectivity index (χ3v) is 4.03. The van der Waals surface area contributed by atoms with Crippen LogP contribution >= 0.6 is 0 Å². The van der Waals surface area contributed by atoms with Crippen molar-refractivity contribution < 1.29 is 0 Å². The number of aryl methyl sites for hydroxylation is 1. The summed E-state index contributed by atoms with van der Waals surface area (Å²) in [4.78, 5) is 0. The molecule has 0 unspecified atom stereocenters. The van der Waals surface area contributed by atoms with Crippen LogP contribution < -0.4 is 5.32 Å². The van der Waals surface area contributed by atoms with Crippen LogP contribution in [0.1, 0.15) is 46.7 Å². The molecule has 0 fully saturated rings. The highest BCUT2D eigenvalue weighted by Crippen LogP contribution is 2.29. The third-order valence-electron chi connectivity index (χ3n) is 4.03. The van der Waals surface area contributed by atoms with E-state index < -0.39 is 0 Å². The summed E-state index contributed by atoms with van der Waals surface area (Å²) in [7, 11) is 0. The second-order valence-electron chi connectivity index (χ2n) is 6.98. The second kappa shape index (κ2) is 6.61. The molecule has 0 aliphatic rings. The molecule has 1 heterocycles. The van der Waals surface area contributed by atoms with Gasteiger partial charge in [0.2, 0.25) is 0 Å². The number of rotatable bonds is 7. The highest BCUT2D eigenvalue weighted by Gasteiger charge is 2.22. The molecule has 2 aromatic rings. The van der Waals surface area contributed by atoms with E-state index in [9.17, 15) is 0 Å². The number of nitrogens with zero attached hydrogens (tertiary/aromatic N) is 2. The molecule has 0 saturated carbocycles. The van der Waals surface area contributed by atoms with Gasteiger partial charge < -0.3 is 5.32 Å². The Morgan fingerprint density at radius 3 is 2.62 bits per heavy atom. The van der Waals surface area contributed by atoms with E-state index in [1.807, 2.05) is 0 Å². The number of aromatic nitrogens is 2. The van der Waals surface area contributed by atoms with Gasteiger partial charge in [-0.25, -0.2) is 0 Å². The molecule has 0 aliphatic heterocycles. The molecule has 0 saturated heterocycles. The number of benzene rings is 1. The topological polar surface area (TPSA) is 29.9 Å². The molecule has 0 atom stereocenters. The molecule has 2 rings (SSSR count). The lowest BCUT2D eigenvalue weighted by Gasteiger charge is -2.24. The molecule has 3 nitrogen and oxygen atoms in total. The first-order valence-electron chi connectivity index (χ1n) is 8.11. The Morgan fingerprint density at radius 1 is 1.24 bits per heavy atom. The fourth-order valence-corrected chi connectivity index (χ4v) is 2.81. The van der Waals surface area contributed by atoms with Crippen LogP contribution in [0.5, 0.6) is 0 Å². The first kappa shape index (κ1) is 16.0. The predicted octanol–water partition coefficient (Wildman–Crippen LogP) is 4.01. The SMILES string of the molecule is CCn1nc(CC(C)(C)CCNC(C)C)c2ccccc21. The Balaban J connectivity index is 2.15. The Morgan fingerprint density at radius 2 is 1.95 bits per heavy atom. The molecule has 0 amide bonds. The summed E-state index contributed by atoms with van der Waals surface area (Å²) < 4.78 is 2.12. The van der Waals surface area contributed by atoms with E-state index in [-0.39, 0.29) is 5.41 Å². The molecule has 116 valence electrons. The number of hydrogen-bond donors (Lipinski definition) is 1. The Bertz CT molecular complexity index is 581. The van der Waals surface area contributed by atoms with Gasteiger partial charge in [0.05, 0.1) is 11.2 Å². The van der Waals surface area contributed by atoms with Crippen molar-refractivity contribution in [3.8, 4) is 0 Å². The lowest BCUT2D eigenvalue weighted by Crippen LogP contribution is -2.28. The van der Waals surface area contributed by atoms with Crippen molar-refractivity contribution >= 4 is 10.9 Å². The molecule has 1 aromatic carbocycles. The van der Waals surface area contributed by atoms with Crippen LogP contribution in [0, 0.1) is 5.41 Å². The standard InChI is InChI=1S/C18H29N3/c1-6-21-17-10-8-7-9-15(17)16(20-21)13-18(4,5)11-12-19-14(2)3/h7-10,14,19H,6,11-13H2,1-5H3. The van der Waals surface area contributed by atoms with Gasteiger partial charge in [0, 0.05) is 18.0 Å². The van der Waals surface area contributed by atoms with Crippen molar-refractivity contribution in [2.24, 2.45) is 5.41 Å². The number of nitrogens with one attached hydrogen (secondary N) is 1. The van der Waals surface area contributed by atoms with Crippen molar-refractivity contribution in [2.75, 3.05) is 6.54 Å². The third kappa shape index (κ3) is 4.07. The van der Waals surface area contributed by atoms with Crippen LogP contribution in [0.3, 0.4) is 0 Å². The first-order valence-corrected chi connectivity index (χ1v) is 8.11. The quantitative estimate of drug-likeness (QED) is 0.833. The average Bonchev–Trinajstić information content (AvgIpc) is 2.76. The molecule has 3 heteroatoms.